The first-order valence-electron chi connectivity index (χ1n) is 6.05. The number of fused-ring (bicyclic) bond motifs is 1. The summed E-state index contributed by atoms with van der Waals surface area (Å²) < 4.78 is 15.1. The van der Waals surface area contributed by atoms with Gasteiger partial charge in [-0.25, -0.2) is 9.37 Å². The Hall–Kier alpha value is -1.86. The number of nitrogens with one attached hydrogen (secondary N) is 1. The smallest absolute Gasteiger partial charge is 0.125 e. The van der Waals surface area contributed by atoms with Crippen LogP contribution in [-0.2, 0) is 13.0 Å². The maximum atomic E-state index is 13.2. The van der Waals surface area contributed by atoms with Crippen LogP contribution in [0.1, 0.15) is 12.7 Å². The van der Waals surface area contributed by atoms with Gasteiger partial charge in [0, 0.05) is 19.0 Å². The number of likely N-dealkylation sites (N-methyl/N-ethyl adjacent to an activating group) is 1. The van der Waals surface area contributed by atoms with Gasteiger partial charge in [0.25, 0.3) is 0 Å². The van der Waals surface area contributed by atoms with Gasteiger partial charge >= 0.3 is 0 Å². The molecule has 2 rings (SSSR count). The predicted molar refractivity (Wildman–Crippen MR) is 70.8 cm³/mol. The van der Waals surface area contributed by atoms with Gasteiger partial charge in [0.05, 0.1) is 17.6 Å². The number of imidazole rings is 1. The molecule has 3 nitrogen and oxygen atoms in total. The van der Waals surface area contributed by atoms with Crippen molar-refractivity contribution in [1.82, 2.24) is 14.9 Å². The molecule has 1 N–H and O–H groups in total. The lowest BCUT2D eigenvalue weighted by Gasteiger charge is -2.05. The van der Waals surface area contributed by atoms with Gasteiger partial charge in [0.2, 0.25) is 0 Å². The van der Waals surface area contributed by atoms with Crippen molar-refractivity contribution in [1.29, 1.82) is 0 Å². The van der Waals surface area contributed by atoms with Crippen LogP contribution in [0.4, 0.5) is 4.39 Å². The highest BCUT2D eigenvalue weighted by Gasteiger charge is 2.10. The summed E-state index contributed by atoms with van der Waals surface area (Å²) in [7, 11) is 0. The van der Waals surface area contributed by atoms with E-state index in [0.717, 1.165) is 30.9 Å². The minimum Gasteiger partial charge on any atom is -0.317 e. The molecule has 0 saturated carbocycles. The first-order valence-corrected chi connectivity index (χ1v) is 6.05. The minimum atomic E-state index is -0.272. The van der Waals surface area contributed by atoms with Crippen molar-refractivity contribution >= 4 is 11.0 Å². The van der Waals surface area contributed by atoms with E-state index in [0.29, 0.717) is 12.1 Å². The molecule has 2 aromatic rings. The normalized spacial score (nSPS) is 10.7. The number of nitrogens with zero attached hydrogens (tertiary/aromatic N) is 2. The zero-order valence-electron chi connectivity index (χ0n) is 10.4. The van der Waals surface area contributed by atoms with Gasteiger partial charge in [-0.05, 0) is 18.7 Å². The maximum absolute atomic E-state index is 13.2. The van der Waals surface area contributed by atoms with Crippen LogP contribution in [0.15, 0.2) is 18.2 Å². The van der Waals surface area contributed by atoms with E-state index in [9.17, 15) is 4.39 Å². The van der Waals surface area contributed by atoms with E-state index >= 15 is 0 Å². The summed E-state index contributed by atoms with van der Waals surface area (Å²) in [5.74, 6) is 3.24. The van der Waals surface area contributed by atoms with E-state index < -0.39 is 0 Å². The van der Waals surface area contributed by atoms with Gasteiger partial charge in [-0.3, -0.25) is 0 Å². The molecule has 0 atom stereocenters. The lowest BCUT2D eigenvalue weighted by molar-refractivity contribution is 0.629. The van der Waals surface area contributed by atoms with Gasteiger partial charge in [0.15, 0.2) is 0 Å². The molecule has 0 amide bonds. The van der Waals surface area contributed by atoms with Crippen LogP contribution in [0.3, 0.4) is 0 Å². The number of rotatable bonds is 5. The van der Waals surface area contributed by atoms with Gasteiger partial charge in [-0.15, -0.1) is 6.42 Å². The predicted octanol–water partition coefficient (Wildman–Crippen LogP) is 1.96. The fourth-order valence-electron chi connectivity index (χ4n) is 1.99. The number of benzene rings is 1. The largest absolute Gasteiger partial charge is 0.317 e. The molecule has 0 aliphatic heterocycles. The van der Waals surface area contributed by atoms with Crippen molar-refractivity contribution in [3.8, 4) is 12.3 Å². The number of hydrogen-bond acceptors (Lipinski definition) is 2. The maximum Gasteiger partial charge on any atom is 0.125 e. The zero-order chi connectivity index (χ0) is 13.0. The second-order valence-corrected chi connectivity index (χ2v) is 4.05. The standard InChI is InChI=1S/C14H16FN3/c1-3-9-18-13-6-5-11(15)10-12(13)17-14(18)7-8-16-4-2/h1,5-6,10,16H,4,7-9H2,2H3. The SMILES string of the molecule is C#CCn1c(CCNCC)nc2cc(F)ccc21. The van der Waals surface area contributed by atoms with Crippen molar-refractivity contribution in [2.45, 2.75) is 19.9 Å². The second-order valence-electron chi connectivity index (χ2n) is 4.05. The Balaban J connectivity index is 2.38. The quantitative estimate of drug-likeness (QED) is 0.644. The van der Waals surface area contributed by atoms with Crippen LogP contribution in [0.2, 0.25) is 0 Å². The average molecular weight is 245 g/mol. The first kappa shape index (κ1) is 12.6. The topological polar surface area (TPSA) is 29.9 Å². The molecule has 18 heavy (non-hydrogen) atoms. The molecule has 0 spiro atoms. The van der Waals surface area contributed by atoms with Crippen LogP contribution >= 0.6 is 0 Å². The highest BCUT2D eigenvalue weighted by atomic mass is 19.1. The van der Waals surface area contributed by atoms with E-state index in [2.05, 4.69) is 23.1 Å². The van der Waals surface area contributed by atoms with Crippen LogP contribution < -0.4 is 5.32 Å². The minimum absolute atomic E-state index is 0.272. The summed E-state index contributed by atoms with van der Waals surface area (Å²) in [6.45, 7) is 4.28. The molecule has 0 fully saturated rings. The summed E-state index contributed by atoms with van der Waals surface area (Å²) >= 11 is 0. The van der Waals surface area contributed by atoms with E-state index in [1.165, 1.54) is 12.1 Å². The Morgan fingerprint density at radius 1 is 1.50 bits per heavy atom. The highest BCUT2D eigenvalue weighted by molar-refractivity contribution is 5.76. The van der Waals surface area contributed by atoms with Gasteiger partial charge in [0.1, 0.15) is 11.6 Å². The molecular formula is C14H16FN3. The molecule has 0 radical (unpaired) electrons. The Morgan fingerprint density at radius 2 is 2.33 bits per heavy atom. The lowest BCUT2D eigenvalue weighted by atomic mass is 10.3. The summed E-state index contributed by atoms with van der Waals surface area (Å²) in [5.41, 5.74) is 1.55. The Morgan fingerprint density at radius 3 is 3.06 bits per heavy atom. The summed E-state index contributed by atoms with van der Waals surface area (Å²) in [4.78, 5) is 4.45. The molecular weight excluding hydrogens is 229 g/mol. The molecule has 0 saturated heterocycles. The Kier molecular flexibility index (Phi) is 3.96. The molecule has 0 unspecified atom stereocenters. The van der Waals surface area contributed by atoms with Gasteiger partial charge in [-0.2, -0.15) is 0 Å². The summed E-state index contributed by atoms with van der Waals surface area (Å²) in [5, 5.41) is 3.24. The first-order chi connectivity index (χ1) is 8.76. The number of halogens is 1. The van der Waals surface area contributed by atoms with Crippen molar-refractivity contribution < 1.29 is 4.39 Å². The number of terminal acetylenes is 1. The molecule has 1 aromatic carbocycles. The highest BCUT2D eigenvalue weighted by Crippen LogP contribution is 2.17. The lowest BCUT2D eigenvalue weighted by Crippen LogP contribution is -2.18. The monoisotopic (exact) mass is 245 g/mol. The van der Waals surface area contributed by atoms with E-state index in [-0.39, 0.29) is 5.82 Å². The van der Waals surface area contributed by atoms with Gasteiger partial charge < -0.3 is 9.88 Å². The van der Waals surface area contributed by atoms with Crippen molar-refractivity contribution in [3.05, 3.63) is 29.8 Å². The fraction of sp³-hybridized carbons (Fsp3) is 0.357. The number of aromatic nitrogens is 2. The average Bonchev–Trinajstić information content (AvgIpc) is 2.68. The van der Waals surface area contributed by atoms with Crippen molar-refractivity contribution in [3.63, 3.8) is 0 Å². The Bertz CT molecular complexity index is 580. The van der Waals surface area contributed by atoms with Crippen LogP contribution in [0.5, 0.6) is 0 Å². The summed E-state index contributed by atoms with van der Waals surface area (Å²) in [6.07, 6.45) is 6.16. The van der Waals surface area contributed by atoms with E-state index in [1.807, 2.05) is 4.57 Å². The fourth-order valence-corrected chi connectivity index (χ4v) is 1.99. The van der Waals surface area contributed by atoms with E-state index in [1.54, 1.807) is 6.07 Å². The molecule has 1 aromatic heterocycles. The van der Waals surface area contributed by atoms with E-state index in [4.69, 9.17) is 6.42 Å². The third kappa shape index (κ3) is 2.52. The molecule has 1 heterocycles. The third-order valence-corrected chi connectivity index (χ3v) is 2.81. The van der Waals surface area contributed by atoms with Crippen LogP contribution in [0, 0.1) is 18.2 Å². The zero-order valence-corrected chi connectivity index (χ0v) is 10.4. The van der Waals surface area contributed by atoms with Gasteiger partial charge in [-0.1, -0.05) is 12.8 Å². The molecule has 4 heteroatoms. The number of hydrogen-bond donors (Lipinski definition) is 1. The second kappa shape index (κ2) is 5.65. The Labute approximate surface area is 106 Å². The summed E-state index contributed by atoms with van der Waals surface area (Å²) in [6, 6.07) is 4.61. The van der Waals surface area contributed by atoms with Crippen LogP contribution in [0.25, 0.3) is 11.0 Å². The third-order valence-electron chi connectivity index (χ3n) is 2.81. The molecule has 0 aliphatic rings. The molecule has 94 valence electrons. The van der Waals surface area contributed by atoms with Crippen LogP contribution in [-0.4, -0.2) is 22.6 Å². The van der Waals surface area contributed by atoms with Crippen molar-refractivity contribution in [2.75, 3.05) is 13.1 Å². The molecule has 0 aliphatic carbocycles. The van der Waals surface area contributed by atoms with Crippen molar-refractivity contribution in [2.24, 2.45) is 0 Å². The molecule has 0 bridgehead atoms.